The van der Waals surface area contributed by atoms with E-state index in [2.05, 4.69) is 10.2 Å². The number of aromatic amines is 1. The van der Waals surface area contributed by atoms with Gasteiger partial charge >= 0.3 is 0 Å². The minimum atomic E-state index is -0.252. The van der Waals surface area contributed by atoms with Gasteiger partial charge in [-0.2, -0.15) is 5.10 Å². The molecule has 0 saturated carbocycles. The molecule has 0 saturated heterocycles. The van der Waals surface area contributed by atoms with Crippen molar-refractivity contribution in [3.8, 4) is 5.82 Å². The van der Waals surface area contributed by atoms with Crippen LogP contribution in [0.3, 0.4) is 0 Å². The average Bonchev–Trinajstić information content (AvgIpc) is 2.99. The van der Waals surface area contributed by atoms with Crippen molar-refractivity contribution >= 4 is 22.4 Å². The summed E-state index contributed by atoms with van der Waals surface area (Å²) in [5, 5.41) is 8.52. The molecule has 0 unspecified atom stereocenters. The lowest BCUT2D eigenvalue weighted by atomic mass is 10.1. The summed E-state index contributed by atoms with van der Waals surface area (Å²) in [6.07, 6.45) is 2.38. The Morgan fingerprint density at radius 3 is 2.90 bits per heavy atom. The van der Waals surface area contributed by atoms with Gasteiger partial charge in [-0.3, -0.25) is 14.5 Å². The Morgan fingerprint density at radius 1 is 1.43 bits per heavy atom. The molecule has 0 aliphatic rings. The summed E-state index contributed by atoms with van der Waals surface area (Å²) in [5.41, 5.74) is 6.69. The summed E-state index contributed by atoms with van der Waals surface area (Å²) < 4.78 is 1.53. The molecule has 1 atom stereocenters. The van der Waals surface area contributed by atoms with Crippen LogP contribution in [-0.2, 0) is 0 Å². The molecule has 0 radical (unpaired) electrons. The van der Waals surface area contributed by atoms with Crippen LogP contribution in [0.1, 0.15) is 25.1 Å². The van der Waals surface area contributed by atoms with Gasteiger partial charge in [-0.25, -0.2) is 0 Å². The molecule has 0 aliphatic heterocycles. The van der Waals surface area contributed by atoms with Crippen molar-refractivity contribution in [2.24, 2.45) is 5.73 Å². The predicted molar refractivity (Wildman–Crippen MR) is 83.9 cm³/mol. The van der Waals surface area contributed by atoms with E-state index in [9.17, 15) is 4.79 Å². The summed E-state index contributed by atoms with van der Waals surface area (Å²) in [7, 11) is 0. The Bertz CT molecular complexity index is 839. The van der Waals surface area contributed by atoms with Crippen LogP contribution in [0.5, 0.6) is 0 Å². The Kier molecular flexibility index (Phi) is 3.53. The maximum atomic E-state index is 12.9. The van der Waals surface area contributed by atoms with E-state index in [0.717, 1.165) is 17.5 Å². The molecule has 0 amide bonds. The number of fused-ring (bicyclic) bond motifs is 1. The van der Waals surface area contributed by atoms with Gasteiger partial charge in [0.05, 0.1) is 10.4 Å². The van der Waals surface area contributed by atoms with Gasteiger partial charge in [0.25, 0.3) is 5.56 Å². The van der Waals surface area contributed by atoms with Gasteiger partial charge in [-0.15, -0.1) is 0 Å². The number of nitrogens with zero attached hydrogens (tertiary/aromatic N) is 2. The maximum absolute atomic E-state index is 12.9. The van der Waals surface area contributed by atoms with E-state index in [1.54, 1.807) is 18.3 Å². The van der Waals surface area contributed by atoms with Gasteiger partial charge in [0, 0.05) is 24.0 Å². The van der Waals surface area contributed by atoms with Crippen molar-refractivity contribution in [3.63, 3.8) is 0 Å². The number of aromatic nitrogens is 3. The molecule has 2 aromatic heterocycles. The predicted octanol–water partition coefficient (Wildman–Crippen LogP) is 2.78. The summed E-state index contributed by atoms with van der Waals surface area (Å²) in [5.74, 6) is 0.515. The highest BCUT2D eigenvalue weighted by Gasteiger charge is 2.17. The van der Waals surface area contributed by atoms with Crippen LogP contribution in [-0.4, -0.2) is 14.8 Å². The third kappa shape index (κ3) is 2.24. The second-order valence-corrected chi connectivity index (χ2v) is 5.27. The Morgan fingerprint density at radius 2 is 2.24 bits per heavy atom. The van der Waals surface area contributed by atoms with E-state index in [1.165, 1.54) is 4.57 Å². The quantitative estimate of drug-likeness (QED) is 0.781. The van der Waals surface area contributed by atoms with Gasteiger partial charge in [0.15, 0.2) is 5.82 Å². The number of pyridine rings is 1. The van der Waals surface area contributed by atoms with Crippen LogP contribution in [0.2, 0.25) is 5.02 Å². The topological polar surface area (TPSA) is 76.7 Å². The minimum Gasteiger partial charge on any atom is -0.323 e. The molecule has 2 heterocycles. The largest absolute Gasteiger partial charge is 0.323 e. The highest BCUT2D eigenvalue weighted by atomic mass is 35.5. The van der Waals surface area contributed by atoms with E-state index in [4.69, 9.17) is 17.3 Å². The third-order valence-corrected chi connectivity index (χ3v) is 3.87. The van der Waals surface area contributed by atoms with Crippen molar-refractivity contribution < 1.29 is 0 Å². The van der Waals surface area contributed by atoms with Gasteiger partial charge in [0.1, 0.15) is 0 Å². The third-order valence-electron chi connectivity index (χ3n) is 3.56. The van der Waals surface area contributed by atoms with Crippen LogP contribution in [0.15, 0.2) is 41.3 Å². The molecule has 1 aromatic carbocycles. The number of hydrogen-bond acceptors (Lipinski definition) is 3. The smallest absolute Gasteiger partial charge is 0.265 e. The lowest BCUT2D eigenvalue weighted by Gasteiger charge is -2.17. The summed E-state index contributed by atoms with van der Waals surface area (Å²) in [6.45, 7) is 1.98. The van der Waals surface area contributed by atoms with E-state index in [1.807, 2.05) is 25.1 Å². The fourth-order valence-electron chi connectivity index (χ4n) is 2.43. The second kappa shape index (κ2) is 5.35. The van der Waals surface area contributed by atoms with Crippen LogP contribution in [0.25, 0.3) is 16.6 Å². The fraction of sp³-hybridized carbons (Fsp3) is 0.200. The van der Waals surface area contributed by atoms with E-state index < -0.39 is 0 Å². The standard InChI is InChI=1S/C15H15ClN4O/c1-2-11(17)12-8-9-4-3-5-10(16)14(9)15(21)20(12)13-6-7-18-19-13/h3-8,11H,2,17H2,1H3,(H,18,19)/t11-/m0/s1. The van der Waals surface area contributed by atoms with Crippen molar-refractivity contribution in [1.82, 2.24) is 14.8 Å². The number of benzene rings is 1. The highest BCUT2D eigenvalue weighted by molar-refractivity contribution is 6.35. The Balaban J connectivity index is 2.45. The first-order chi connectivity index (χ1) is 10.1. The van der Waals surface area contributed by atoms with Gasteiger partial charge < -0.3 is 5.73 Å². The minimum absolute atomic E-state index is 0.205. The Hall–Kier alpha value is -2.11. The number of H-pyrrole nitrogens is 1. The van der Waals surface area contributed by atoms with Gasteiger partial charge in [-0.1, -0.05) is 30.7 Å². The number of halogens is 1. The fourth-order valence-corrected chi connectivity index (χ4v) is 2.70. The molecule has 5 nitrogen and oxygen atoms in total. The molecule has 3 rings (SSSR count). The van der Waals surface area contributed by atoms with Crippen LogP contribution < -0.4 is 11.3 Å². The normalized spacial score (nSPS) is 12.7. The monoisotopic (exact) mass is 302 g/mol. The number of nitrogens with one attached hydrogen (secondary N) is 1. The van der Waals surface area contributed by atoms with Gasteiger partial charge in [-0.05, 0) is 23.9 Å². The summed E-state index contributed by atoms with van der Waals surface area (Å²) in [6, 6.07) is 8.78. The number of nitrogens with two attached hydrogens (primary N) is 1. The molecule has 3 N–H and O–H groups in total. The molecule has 3 aromatic rings. The summed E-state index contributed by atoms with van der Waals surface area (Å²) in [4.78, 5) is 12.9. The van der Waals surface area contributed by atoms with Crippen LogP contribution >= 0.6 is 11.6 Å². The van der Waals surface area contributed by atoms with Crippen LogP contribution in [0, 0.1) is 0 Å². The van der Waals surface area contributed by atoms with E-state index >= 15 is 0 Å². The lowest BCUT2D eigenvalue weighted by Crippen LogP contribution is -2.27. The first-order valence-electron chi connectivity index (χ1n) is 6.73. The maximum Gasteiger partial charge on any atom is 0.265 e. The van der Waals surface area contributed by atoms with Crippen molar-refractivity contribution in [3.05, 3.63) is 57.6 Å². The van der Waals surface area contributed by atoms with Gasteiger partial charge in [0.2, 0.25) is 0 Å². The molecule has 0 aliphatic carbocycles. The molecule has 0 spiro atoms. The zero-order valence-electron chi connectivity index (χ0n) is 11.5. The van der Waals surface area contributed by atoms with E-state index in [0.29, 0.717) is 16.2 Å². The average molecular weight is 303 g/mol. The second-order valence-electron chi connectivity index (χ2n) is 4.86. The summed E-state index contributed by atoms with van der Waals surface area (Å²) >= 11 is 6.19. The molecule has 0 bridgehead atoms. The molecule has 21 heavy (non-hydrogen) atoms. The molecule has 0 fully saturated rings. The zero-order chi connectivity index (χ0) is 15.0. The molecular weight excluding hydrogens is 288 g/mol. The SMILES string of the molecule is CC[C@H](N)c1cc2cccc(Cl)c2c(=O)n1-c1cc[nH]n1. The molecule has 6 heteroatoms. The molecule has 108 valence electrons. The first-order valence-corrected chi connectivity index (χ1v) is 7.11. The van der Waals surface area contributed by atoms with E-state index in [-0.39, 0.29) is 11.6 Å². The first kappa shape index (κ1) is 13.9. The van der Waals surface area contributed by atoms with Crippen molar-refractivity contribution in [1.29, 1.82) is 0 Å². The van der Waals surface area contributed by atoms with Crippen molar-refractivity contribution in [2.45, 2.75) is 19.4 Å². The zero-order valence-corrected chi connectivity index (χ0v) is 12.3. The highest BCUT2D eigenvalue weighted by Crippen LogP contribution is 2.25. The Labute approximate surface area is 126 Å². The number of rotatable bonds is 3. The number of hydrogen-bond donors (Lipinski definition) is 2. The van der Waals surface area contributed by atoms with Crippen molar-refractivity contribution in [2.75, 3.05) is 0 Å². The molecular formula is C15H15ClN4O. The van der Waals surface area contributed by atoms with Crippen LogP contribution in [0.4, 0.5) is 0 Å². The lowest BCUT2D eigenvalue weighted by molar-refractivity contribution is 0.645.